The van der Waals surface area contributed by atoms with Crippen LogP contribution in [-0.2, 0) is 13.0 Å². The normalized spacial score (nSPS) is 11.6. The molecule has 0 atom stereocenters. The number of rotatable bonds is 5. The van der Waals surface area contributed by atoms with E-state index >= 15 is 0 Å². The summed E-state index contributed by atoms with van der Waals surface area (Å²) in [6.07, 6.45) is 3.76. The number of pyridine rings is 1. The maximum atomic E-state index is 13.9. The van der Waals surface area contributed by atoms with Gasteiger partial charge in [-0.25, -0.2) is 9.37 Å². The summed E-state index contributed by atoms with van der Waals surface area (Å²) in [7, 11) is 0. The van der Waals surface area contributed by atoms with Crippen LogP contribution in [0.5, 0.6) is 0 Å². The zero-order valence-corrected chi connectivity index (χ0v) is 11.2. The zero-order chi connectivity index (χ0) is 13.1. The number of halogens is 1. The Labute approximate surface area is 107 Å². The van der Waals surface area contributed by atoms with Gasteiger partial charge in [0.25, 0.3) is 0 Å². The molecule has 0 aliphatic carbocycles. The van der Waals surface area contributed by atoms with Crippen molar-refractivity contribution in [1.29, 1.82) is 0 Å². The Bertz CT molecular complexity index is 531. The van der Waals surface area contributed by atoms with Crippen molar-refractivity contribution < 1.29 is 4.39 Å². The topological polar surface area (TPSA) is 29.3 Å². The number of fused-ring (bicyclic) bond motifs is 1. The van der Waals surface area contributed by atoms with Crippen molar-refractivity contribution in [2.24, 2.45) is 0 Å². The Hall–Kier alpha value is -1.42. The Morgan fingerprint density at radius 3 is 2.89 bits per heavy atom. The molecule has 0 spiro atoms. The number of imidazole rings is 1. The summed E-state index contributed by atoms with van der Waals surface area (Å²) in [5.74, 6) is 0.737. The minimum Gasteiger partial charge on any atom is -0.309 e. The van der Waals surface area contributed by atoms with Crippen LogP contribution in [0.2, 0.25) is 0 Å². The monoisotopic (exact) mass is 249 g/mol. The van der Waals surface area contributed by atoms with E-state index in [-0.39, 0.29) is 5.82 Å². The highest BCUT2D eigenvalue weighted by atomic mass is 19.1. The molecule has 0 radical (unpaired) electrons. The van der Waals surface area contributed by atoms with Crippen molar-refractivity contribution in [2.45, 2.75) is 46.2 Å². The van der Waals surface area contributed by atoms with Gasteiger partial charge >= 0.3 is 0 Å². The van der Waals surface area contributed by atoms with Gasteiger partial charge in [0.05, 0.1) is 5.69 Å². The number of hydrogen-bond acceptors (Lipinski definition) is 2. The van der Waals surface area contributed by atoms with Gasteiger partial charge in [-0.15, -0.1) is 0 Å². The van der Waals surface area contributed by atoms with Crippen LogP contribution < -0.4 is 5.32 Å². The largest absolute Gasteiger partial charge is 0.309 e. The van der Waals surface area contributed by atoms with Gasteiger partial charge in [-0.1, -0.05) is 20.8 Å². The first-order chi connectivity index (χ1) is 8.63. The summed E-state index contributed by atoms with van der Waals surface area (Å²) in [4.78, 5) is 4.57. The molecule has 4 heteroatoms. The molecule has 2 aromatic rings. The molecule has 2 aromatic heterocycles. The Morgan fingerprint density at radius 2 is 2.22 bits per heavy atom. The summed E-state index contributed by atoms with van der Waals surface area (Å²) < 4.78 is 15.8. The second kappa shape index (κ2) is 5.48. The molecule has 98 valence electrons. The Kier molecular flexibility index (Phi) is 3.97. The number of nitrogens with zero attached hydrogens (tertiary/aromatic N) is 2. The lowest BCUT2D eigenvalue weighted by Gasteiger charge is -2.06. The molecule has 0 aromatic carbocycles. The summed E-state index contributed by atoms with van der Waals surface area (Å²) in [5, 5.41) is 3.29. The van der Waals surface area contributed by atoms with Crippen LogP contribution in [0.3, 0.4) is 0 Å². The van der Waals surface area contributed by atoms with Crippen molar-refractivity contribution >= 4 is 5.52 Å². The average Bonchev–Trinajstić information content (AvgIpc) is 2.67. The van der Waals surface area contributed by atoms with Crippen LogP contribution in [0.1, 0.15) is 38.7 Å². The molecule has 0 fully saturated rings. The van der Waals surface area contributed by atoms with Gasteiger partial charge in [0.2, 0.25) is 0 Å². The maximum absolute atomic E-state index is 13.9. The molecule has 0 aliphatic heterocycles. The third kappa shape index (κ3) is 2.53. The standard InChI is InChI=1S/C14H20FN3/c1-4-6-13-17-12(9-16-10(2)3)14-11(15)7-5-8-18(13)14/h5,7-8,10,16H,4,6,9H2,1-3H3. The molecule has 0 bridgehead atoms. The molecule has 0 saturated carbocycles. The number of hydrogen-bond donors (Lipinski definition) is 1. The van der Waals surface area contributed by atoms with Gasteiger partial charge in [-0.05, 0) is 18.6 Å². The van der Waals surface area contributed by atoms with Crippen LogP contribution in [0.15, 0.2) is 18.3 Å². The fraction of sp³-hybridized carbons (Fsp3) is 0.500. The molecule has 0 aliphatic rings. The van der Waals surface area contributed by atoms with E-state index in [0.29, 0.717) is 18.1 Å². The molecule has 18 heavy (non-hydrogen) atoms. The Balaban J connectivity index is 2.44. The van der Waals surface area contributed by atoms with E-state index in [4.69, 9.17) is 0 Å². The fourth-order valence-electron chi connectivity index (χ4n) is 2.06. The van der Waals surface area contributed by atoms with Gasteiger partial charge < -0.3 is 9.72 Å². The molecular weight excluding hydrogens is 229 g/mol. The van der Waals surface area contributed by atoms with Crippen molar-refractivity contribution in [3.05, 3.63) is 35.7 Å². The van der Waals surface area contributed by atoms with Crippen LogP contribution in [0, 0.1) is 5.82 Å². The van der Waals surface area contributed by atoms with Gasteiger partial charge in [-0.3, -0.25) is 0 Å². The smallest absolute Gasteiger partial charge is 0.149 e. The number of aryl methyl sites for hydroxylation is 1. The number of aromatic nitrogens is 2. The predicted octanol–water partition coefficient (Wildman–Crippen LogP) is 2.92. The lowest BCUT2D eigenvalue weighted by molar-refractivity contribution is 0.580. The minimum absolute atomic E-state index is 0.201. The van der Waals surface area contributed by atoms with Crippen molar-refractivity contribution in [3.63, 3.8) is 0 Å². The quantitative estimate of drug-likeness (QED) is 0.882. The van der Waals surface area contributed by atoms with E-state index in [9.17, 15) is 4.39 Å². The molecule has 3 nitrogen and oxygen atoms in total. The first kappa shape index (κ1) is 13.0. The van der Waals surface area contributed by atoms with Crippen LogP contribution >= 0.6 is 0 Å². The highest BCUT2D eigenvalue weighted by Gasteiger charge is 2.13. The lowest BCUT2D eigenvalue weighted by atomic mass is 10.3. The highest BCUT2D eigenvalue weighted by molar-refractivity contribution is 5.54. The van der Waals surface area contributed by atoms with Crippen LogP contribution in [-0.4, -0.2) is 15.4 Å². The zero-order valence-electron chi connectivity index (χ0n) is 11.2. The van der Waals surface area contributed by atoms with Crippen molar-refractivity contribution in [3.8, 4) is 0 Å². The Morgan fingerprint density at radius 1 is 1.44 bits per heavy atom. The van der Waals surface area contributed by atoms with Crippen LogP contribution in [0.4, 0.5) is 4.39 Å². The van der Waals surface area contributed by atoms with E-state index in [1.165, 1.54) is 6.07 Å². The maximum Gasteiger partial charge on any atom is 0.149 e. The molecule has 2 rings (SSSR count). The number of nitrogens with one attached hydrogen (secondary N) is 1. The summed E-state index contributed by atoms with van der Waals surface area (Å²) in [5.41, 5.74) is 1.40. The third-order valence-electron chi connectivity index (χ3n) is 2.91. The second-order valence-corrected chi connectivity index (χ2v) is 4.84. The van der Waals surface area contributed by atoms with Crippen LogP contribution in [0.25, 0.3) is 5.52 Å². The van der Waals surface area contributed by atoms with Gasteiger partial charge in [0, 0.05) is 25.2 Å². The van der Waals surface area contributed by atoms with E-state index in [2.05, 4.69) is 31.1 Å². The first-order valence-corrected chi connectivity index (χ1v) is 6.51. The molecular formula is C14H20FN3. The molecule has 0 amide bonds. The average molecular weight is 249 g/mol. The fourth-order valence-corrected chi connectivity index (χ4v) is 2.06. The summed E-state index contributed by atoms with van der Waals surface area (Å²) in [6.45, 7) is 6.85. The molecule has 0 saturated heterocycles. The van der Waals surface area contributed by atoms with E-state index < -0.39 is 0 Å². The molecule has 1 N–H and O–H groups in total. The van der Waals surface area contributed by atoms with Crippen molar-refractivity contribution in [2.75, 3.05) is 0 Å². The van der Waals surface area contributed by atoms with Gasteiger partial charge in [0.15, 0.2) is 0 Å². The molecule has 2 heterocycles. The first-order valence-electron chi connectivity index (χ1n) is 6.51. The van der Waals surface area contributed by atoms with Gasteiger partial charge in [0.1, 0.15) is 17.2 Å². The van der Waals surface area contributed by atoms with E-state index in [1.54, 1.807) is 6.07 Å². The SMILES string of the molecule is CCCc1nc(CNC(C)C)c2c(F)cccn12. The second-order valence-electron chi connectivity index (χ2n) is 4.84. The predicted molar refractivity (Wildman–Crippen MR) is 71.1 cm³/mol. The minimum atomic E-state index is -0.201. The van der Waals surface area contributed by atoms with E-state index in [0.717, 1.165) is 24.4 Å². The summed E-state index contributed by atoms with van der Waals surface area (Å²) >= 11 is 0. The van der Waals surface area contributed by atoms with Crippen molar-refractivity contribution in [1.82, 2.24) is 14.7 Å². The summed E-state index contributed by atoms with van der Waals surface area (Å²) in [6, 6.07) is 3.58. The highest BCUT2D eigenvalue weighted by Crippen LogP contribution is 2.18. The van der Waals surface area contributed by atoms with E-state index in [1.807, 2.05) is 10.6 Å². The lowest BCUT2D eigenvalue weighted by Crippen LogP contribution is -2.22. The third-order valence-corrected chi connectivity index (χ3v) is 2.91. The van der Waals surface area contributed by atoms with Gasteiger partial charge in [-0.2, -0.15) is 0 Å². The molecule has 0 unspecified atom stereocenters.